The van der Waals surface area contributed by atoms with Crippen LogP contribution in [0.15, 0.2) is 18.2 Å². The van der Waals surface area contributed by atoms with E-state index in [1.54, 1.807) is 30.7 Å². The molecule has 1 aliphatic heterocycles. The van der Waals surface area contributed by atoms with Crippen molar-refractivity contribution >= 4 is 6.16 Å². The summed E-state index contributed by atoms with van der Waals surface area (Å²) in [6, 6.07) is 4.64. The standard InChI is InChI=1S/C23H31FN2O9/c1-11(2)26-13(4)15(9-14-7-6-12(3)8-16(14)24)21(25-26)35-23(31)20(29)19(28)18(27)17(34-23)10-33-22(30)32-5/h6-8,11,17-20,27-29,31H,9-10H2,1-5H3/t17-,18-,19+,20-,23-/m1/s1. The molecule has 35 heavy (non-hydrogen) atoms. The maximum absolute atomic E-state index is 14.6. The molecule has 4 N–H and O–H groups in total. The smallest absolute Gasteiger partial charge is 0.438 e. The van der Waals surface area contributed by atoms with Gasteiger partial charge in [-0.3, -0.25) is 4.68 Å². The van der Waals surface area contributed by atoms with Crippen molar-refractivity contribution in [2.45, 2.75) is 70.5 Å². The van der Waals surface area contributed by atoms with Crippen molar-refractivity contribution in [1.82, 2.24) is 9.78 Å². The summed E-state index contributed by atoms with van der Waals surface area (Å²) in [5.74, 6) is -3.49. The Labute approximate surface area is 201 Å². The molecule has 0 bridgehead atoms. The molecule has 194 valence electrons. The van der Waals surface area contributed by atoms with Crippen LogP contribution in [0.4, 0.5) is 9.18 Å². The molecule has 0 aliphatic carbocycles. The summed E-state index contributed by atoms with van der Waals surface area (Å²) in [4.78, 5) is 11.3. The van der Waals surface area contributed by atoms with E-state index in [4.69, 9.17) is 14.2 Å². The lowest BCUT2D eigenvalue weighted by molar-refractivity contribution is -0.423. The molecule has 1 aromatic carbocycles. The van der Waals surface area contributed by atoms with Gasteiger partial charge in [-0.25, -0.2) is 9.18 Å². The van der Waals surface area contributed by atoms with Crippen molar-refractivity contribution in [2.24, 2.45) is 0 Å². The number of methoxy groups -OCH3 is 1. The zero-order valence-electron chi connectivity index (χ0n) is 20.1. The molecule has 1 aliphatic rings. The third kappa shape index (κ3) is 5.57. The van der Waals surface area contributed by atoms with Gasteiger partial charge < -0.3 is 39.4 Å². The number of hydrogen-bond donors (Lipinski definition) is 4. The molecule has 1 fully saturated rings. The van der Waals surface area contributed by atoms with Gasteiger partial charge in [0.15, 0.2) is 6.10 Å². The third-order valence-electron chi connectivity index (χ3n) is 5.83. The van der Waals surface area contributed by atoms with Gasteiger partial charge in [-0.15, -0.1) is 5.10 Å². The fourth-order valence-corrected chi connectivity index (χ4v) is 3.84. The molecule has 0 saturated carbocycles. The quantitative estimate of drug-likeness (QED) is 0.322. The van der Waals surface area contributed by atoms with Crippen LogP contribution in [-0.4, -0.2) is 80.5 Å². The average molecular weight is 499 g/mol. The monoisotopic (exact) mass is 498 g/mol. The Morgan fingerprint density at radius 3 is 2.54 bits per heavy atom. The minimum atomic E-state index is -2.88. The van der Waals surface area contributed by atoms with Crippen molar-refractivity contribution in [2.75, 3.05) is 13.7 Å². The van der Waals surface area contributed by atoms with Crippen LogP contribution in [-0.2, 0) is 20.6 Å². The summed E-state index contributed by atoms with van der Waals surface area (Å²) in [6.45, 7) is 6.61. The van der Waals surface area contributed by atoms with E-state index in [9.17, 15) is 29.6 Å². The maximum Gasteiger partial charge on any atom is 0.508 e. The number of aromatic nitrogens is 2. The Hall–Kier alpha value is -2.77. The number of carbonyl (C=O) groups is 1. The molecule has 0 radical (unpaired) electrons. The molecule has 5 atom stereocenters. The zero-order chi connectivity index (χ0) is 26.1. The third-order valence-corrected chi connectivity index (χ3v) is 5.83. The van der Waals surface area contributed by atoms with Crippen LogP contribution in [0.25, 0.3) is 0 Å². The fourth-order valence-electron chi connectivity index (χ4n) is 3.84. The lowest BCUT2D eigenvalue weighted by Crippen LogP contribution is -2.67. The summed E-state index contributed by atoms with van der Waals surface area (Å²) >= 11 is 0. The first-order valence-electron chi connectivity index (χ1n) is 11.0. The molecule has 0 spiro atoms. The van der Waals surface area contributed by atoms with Crippen molar-refractivity contribution < 1.29 is 48.6 Å². The number of aryl methyl sites for hydroxylation is 1. The van der Waals surface area contributed by atoms with E-state index in [-0.39, 0.29) is 18.3 Å². The highest BCUT2D eigenvalue weighted by molar-refractivity contribution is 5.59. The highest BCUT2D eigenvalue weighted by atomic mass is 19.1. The second-order valence-corrected chi connectivity index (χ2v) is 8.76. The fraction of sp³-hybridized carbons (Fsp3) is 0.565. The number of aliphatic hydroxyl groups excluding tert-OH is 3. The van der Waals surface area contributed by atoms with E-state index in [2.05, 4.69) is 9.84 Å². The van der Waals surface area contributed by atoms with Gasteiger partial charge in [-0.05, 0) is 44.9 Å². The van der Waals surface area contributed by atoms with Crippen molar-refractivity contribution in [3.8, 4) is 5.88 Å². The van der Waals surface area contributed by atoms with Crippen molar-refractivity contribution in [3.63, 3.8) is 0 Å². The number of nitrogens with zero attached hydrogens (tertiary/aromatic N) is 2. The average Bonchev–Trinajstić information content (AvgIpc) is 3.10. The molecule has 1 aromatic heterocycles. The maximum atomic E-state index is 14.6. The highest BCUT2D eigenvalue weighted by Gasteiger charge is 2.56. The number of halogens is 1. The predicted octanol–water partition coefficient (Wildman–Crippen LogP) is 1.10. The van der Waals surface area contributed by atoms with Gasteiger partial charge in [0.1, 0.15) is 30.7 Å². The van der Waals surface area contributed by atoms with E-state index in [1.807, 2.05) is 13.8 Å². The summed E-state index contributed by atoms with van der Waals surface area (Å²) in [7, 11) is 1.07. The summed E-state index contributed by atoms with van der Waals surface area (Å²) in [6.07, 6.45) is -8.30. The molecule has 2 aromatic rings. The van der Waals surface area contributed by atoms with Gasteiger partial charge in [-0.2, -0.15) is 0 Å². The van der Waals surface area contributed by atoms with Crippen LogP contribution < -0.4 is 4.74 Å². The largest absolute Gasteiger partial charge is 0.508 e. The summed E-state index contributed by atoms with van der Waals surface area (Å²) in [5, 5.41) is 46.4. The van der Waals surface area contributed by atoms with Crippen molar-refractivity contribution in [3.05, 3.63) is 46.4 Å². The molecule has 11 nitrogen and oxygen atoms in total. The Kier molecular flexibility index (Phi) is 8.02. The second kappa shape index (κ2) is 10.5. The number of ether oxygens (including phenoxy) is 4. The molecule has 3 rings (SSSR count). The van der Waals surface area contributed by atoms with Gasteiger partial charge in [0.25, 0.3) is 0 Å². The summed E-state index contributed by atoms with van der Waals surface area (Å²) in [5.41, 5.74) is 2.13. The molecule has 2 heterocycles. The number of hydrogen-bond acceptors (Lipinski definition) is 10. The molecule has 0 unspecified atom stereocenters. The van der Waals surface area contributed by atoms with E-state index in [0.717, 1.165) is 12.7 Å². The first-order chi connectivity index (χ1) is 16.4. The number of aliphatic hydroxyl groups is 4. The predicted molar refractivity (Wildman–Crippen MR) is 118 cm³/mol. The Balaban J connectivity index is 1.95. The molecule has 12 heteroatoms. The van der Waals surface area contributed by atoms with Crippen LogP contribution in [0.3, 0.4) is 0 Å². The van der Waals surface area contributed by atoms with Crippen LogP contribution in [0.5, 0.6) is 5.88 Å². The molecule has 1 saturated heterocycles. The van der Waals surface area contributed by atoms with Gasteiger partial charge in [0.2, 0.25) is 5.88 Å². The van der Waals surface area contributed by atoms with Crippen LogP contribution >= 0.6 is 0 Å². The van der Waals surface area contributed by atoms with E-state index in [1.165, 1.54) is 6.07 Å². The number of carbonyl (C=O) groups excluding carboxylic acids is 1. The molecular weight excluding hydrogens is 467 g/mol. The van der Waals surface area contributed by atoms with Gasteiger partial charge in [0.05, 0.1) is 7.11 Å². The van der Waals surface area contributed by atoms with Gasteiger partial charge in [0, 0.05) is 23.7 Å². The van der Waals surface area contributed by atoms with Crippen LogP contribution in [0.2, 0.25) is 0 Å². The first-order valence-corrected chi connectivity index (χ1v) is 11.0. The number of rotatable bonds is 7. The SMILES string of the molecule is COC(=O)OC[C@H]1O[C@@](O)(Oc2nn(C(C)C)c(C)c2Cc2ccc(C)cc2F)[C@H](O)[C@@H](O)[C@@H]1O. The van der Waals surface area contributed by atoms with Gasteiger partial charge >= 0.3 is 12.1 Å². The second-order valence-electron chi connectivity index (χ2n) is 8.76. The molecular formula is C23H31FN2O9. The Morgan fingerprint density at radius 1 is 1.26 bits per heavy atom. The normalized spacial score (nSPS) is 26.6. The van der Waals surface area contributed by atoms with E-state index in [0.29, 0.717) is 16.8 Å². The topological polar surface area (TPSA) is 153 Å². The minimum Gasteiger partial charge on any atom is -0.438 e. The minimum absolute atomic E-state index is 0.0479. The Morgan fingerprint density at radius 2 is 1.94 bits per heavy atom. The van der Waals surface area contributed by atoms with E-state index < -0.39 is 49.0 Å². The lowest BCUT2D eigenvalue weighted by Gasteiger charge is -2.44. The van der Waals surface area contributed by atoms with Crippen LogP contribution in [0, 0.1) is 19.7 Å². The van der Waals surface area contributed by atoms with Crippen molar-refractivity contribution in [1.29, 1.82) is 0 Å². The lowest BCUT2D eigenvalue weighted by atomic mass is 9.97. The van der Waals surface area contributed by atoms with Crippen LogP contribution in [0.1, 0.15) is 42.3 Å². The summed E-state index contributed by atoms with van der Waals surface area (Å²) < 4.78 is 36.2. The molecule has 0 amide bonds. The highest BCUT2D eigenvalue weighted by Crippen LogP contribution is 2.35. The zero-order valence-corrected chi connectivity index (χ0v) is 20.1. The van der Waals surface area contributed by atoms with Gasteiger partial charge in [-0.1, -0.05) is 12.1 Å². The first kappa shape index (κ1) is 26.8. The number of benzene rings is 1. The van der Waals surface area contributed by atoms with E-state index >= 15 is 0 Å². The Bertz CT molecular complexity index is 1060.